The predicted molar refractivity (Wildman–Crippen MR) is 74.1 cm³/mol. The van der Waals surface area contributed by atoms with Crippen LogP contribution in [0.3, 0.4) is 0 Å². The molecule has 0 saturated carbocycles. The Kier molecular flexibility index (Phi) is 4.03. The van der Waals surface area contributed by atoms with Crippen LogP contribution >= 0.6 is 38.9 Å². The lowest BCUT2D eigenvalue weighted by molar-refractivity contribution is 0.728. The monoisotopic (exact) mass is 315 g/mol. The Hall–Kier alpha value is -0.350. The fourth-order valence-corrected chi connectivity index (χ4v) is 3.30. The maximum Gasteiger partial charge on any atom is 0.0409 e. The van der Waals surface area contributed by atoms with Gasteiger partial charge in [-0.1, -0.05) is 23.7 Å². The van der Waals surface area contributed by atoms with E-state index in [4.69, 9.17) is 17.3 Å². The Balaban J connectivity index is 2.14. The molecule has 0 bridgehead atoms. The van der Waals surface area contributed by atoms with Gasteiger partial charge in [0.15, 0.2) is 0 Å². The maximum absolute atomic E-state index is 6.15. The van der Waals surface area contributed by atoms with Crippen molar-refractivity contribution < 1.29 is 0 Å². The molecular formula is C12H11BrClNS. The minimum Gasteiger partial charge on any atom is -0.324 e. The molecule has 0 spiro atoms. The minimum atomic E-state index is -0.00588. The molecule has 1 atom stereocenters. The van der Waals surface area contributed by atoms with Crippen LogP contribution in [0.2, 0.25) is 5.02 Å². The molecule has 1 aromatic carbocycles. The topological polar surface area (TPSA) is 26.0 Å². The third-order valence-corrected chi connectivity index (χ3v) is 4.56. The van der Waals surface area contributed by atoms with Crippen LogP contribution in [0.25, 0.3) is 0 Å². The zero-order valence-electron chi connectivity index (χ0n) is 8.49. The lowest BCUT2D eigenvalue weighted by atomic mass is 10.0. The lowest BCUT2D eigenvalue weighted by Gasteiger charge is -2.11. The summed E-state index contributed by atoms with van der Waals surface area (Å²) in [5.41, 5.74) is 7.23. The summed E-state index contributed by atoms with van der Waals surface area (Å²) in [7, 11) is 0. The molecular weight excluding hydrogens is 306 g/mol. The van der Waals surface area contributed by atoms with Crippen molar-refractivity contribution in [2.75, 3.05) is 0 Å². The molecule has 0 radical (unpaired) electrons. The first-order valence-corrected chi connectivity index (χ1v) is 6.95. The smallest absolute Gasteiger partial charge is 0.0409 e. The summed E-state index contributed by atoms with van der Waals surface area (Å²) in [6.07, 6.45) is 0.832. The Morgan fingerprint density at radius 2 is 2.19 bits per heavy atom. The Morgan fingerprint density at radius 3 is 2.81 bits per heavy atom. The van der Waals surface area contributed by atoms with E-state index in [2.05, 4.69) is 21.3 Å². The number of benzene rings is 1. The number of halogens is 2. The second-order valence-corrected chi connectivity index (χ2v) is 5.85. The fraction of sp³-hybridized carbons (Fsp3) is 0.167. The van der Waals surface area contributed by atoms with Crippen molar-refractivity contribution in [3.8, 4) is 0 Å². The van der Waals surface area contributed by atoms with Gasteiger partial charge in [0.05, 0.1) is 0 Å². The van der Waals surface area contributed by atoms with Crippen LogP contribution < -0.4 is 5.73 Å². The third-order valence-electron chi connectivity index (χ3n) is 2.37. The first kappa shape index (κ1) is 12.1. The molecule has 1 heterocycles. The highest BCUT2D eigenvalue weighted by Crippen LogP contribution is 2.27. The molecule has 0 amide bonds. The maximum atomic E-state index is 6.15. The number of hydrogen-bond donors (Lipinski definition) is 1. The molecule has 0 aliphatic rings. The summed E-state index contributed by atoms with van der Waals surface area (Å²) in [6, 6.07) is 9.77. The van der Waals surface area contributed by atoms with Crippen LogP contribution in [0.1, 0.15) is 16.5 Å². The standard InChI is InChI=1S/C12H11BrClNS/c13-10-4-5-16-12(10)7-11(15)8-2-1-3-9(14)6-8/h1-6,11H,7,15H2. The van der Waals surface area contributed by atoms with Crippen molar-refractivity contribution in [3.05, 3.63) is 55.6 Å². The van der Waals surface area contributed by atoms with Crippen LogP contribution in [0.15, 0.2) is 40.2 Å². The zero-order valence-corrected chi connectivity index (χ0v) is 11.6. The Morgan fingerprint density at radius 1 is 1.38 bits per heavy atom. The van der Waals surface area contributed by atoms with E-state index in [9.17, 15) is 0 Å². The lowest BCUT2D eigenvalue weighted by Crippen LogP contribution is -2.12. The van der Waals surface area contributed by atoms with Gasteiger partial charge in [0.1, 0.15) is 0 Å². The Bertz CT molecular complexity index is 483. The first-order valence-electron chi connectivity index (χ1n) is 4.89. The molecule has 16 heavy (non-hydrogen) atoms. The van der Waals surface area contributed by atoms with Crippen molar-refractivity contribution in [2.24, 2.45) is 5.73 Å². The molecule has 84 valence electrons. The summed E-state index contributed by atoms with van der Waals surface area (Å²) in [5.74, 6) is 0. The molecule has 1 aromatic heterocycles. The van der Waals surface area contributed by atoms with E-state index in [1.165, 1.54) is 4.88 Å². The second-order valence-electron chi connectivity index (χ2n) is 3.56. The van der Waals surface area contributed by atoms with Crippen molar-refractivity contribution in [3.63, 3.8) is 0 Å². The number of rotatable bonds is 3. The molecule has 0 aliphatic carbocycles. The average Bonchev–Trinajstić information content (AvgIpc) is 2.64. The van der Waals surface area contributed by atoms with Crippen LogP contribution in [0.5, 0.6) is 0 Å². The van der Waals surface area contributed by atoms with Gasteiger partial charge in [0.2, 0.25) is 0 Å². The van der Waals surface area contributed by atoms with Gasteiger partial charge >= 0.3 is 0 Å². The van der Waals surface area contributed by atoms with E-state index in [1.54, 1.807) is 11.3 Å². The van der Waals surface area contributed by atoms with Gasteiger partial charge < -0.3 is 5.73 Å². The van der Waals surface area contributed by atoms with Crippen LogP contribution in [-0.2, 0) is 6.42 Å². The van der Waals surface area contributed by atoms with Crippen molar-refractivity contribution in [2.45, 2.75) is 12.5 Å². The summed E-state index contributed by atoms with van der Waals surface area (Å²) < 4.78 is 1.13. The van der Waals surface area contributed by atoms with E-state index in [1.807, 2.05) is 30.3 Å². The highest BCUT2D eigenvalue weighted by atomic mass is 79.9. The van der Waals surface area contributed by atoms with E-state index in [0.29, 0.717) is 0 Å². The van der Waals surface area contributed by atoms with E-state index in [-0.39, 0.29) is 6.04 Å². The van der Waals surface area contributed by atoms with Gasteiger partial charge in [-0.25, -0.2) is 0 Å². The van der Waals surface area contributed by atoms with Gasteiger partial charge in [0, 0.05) is 26.8 Å². The summed E-state index contributed by atoms with van der Waals surface area (Å²) in [6.45, 7) is 0. The van der Waals surface area contributed by atoms with Crippen molar-refractivity contribution in [1.29, 1.82) is 0 Å². The summed E-state index contributed by atoms with van der Waals surface area (Å²) >= 11 is 11.2. The Labute approximate surface area is 112 Å². The zero-order chi connectivity index (χ0) is 11.5. The van der Waals surface area contributed by atoms with Crippen molar-refractivity contribution >= 4 is 38.9 Å². The molecule has 0 saturated heterocycles. The van der Waals surface area contributed by atoms with E-state index in [0.717, 1.165) is 21.5 Å². The molecule has 1 nitrogen and oxygen atoms in total. The second kappa shape index (κ2) is 5.32. The van der Waals surface area contributed by atoms with Crippen LogP contribution in [-0.4, -0.2) is 0 Å². The molecule has 0 aliphatic heterocycles. The normalized spacial score (nSPS) is 12.7. The van der Waals surface area contributed by atoms with Gasteiger partial charge in [-0.15, -0.1) is 11.3 Å². The van der Waals surface area contributed by atoms with E-state index >= 15 is 0 Å². The summed E-state index contributed by atoms with van der Waals surface area (Å²) in [4.78, 5) is 1.27. The predicted octanol–water partition coefficient (Wildman–Crippen LogP) is 4.41. The number of hydrogen-bond acceptors (Lipinski definition) is 2. The largest absolute Gasteiger partial charge is 0.324 e. The summed E-state index contributed by atoms with van der Waals surface area (Å²) in [5, 5.41) is 2.79. The first-order chi connectivity index (χ1) is 7.66. The quantitative estimate of drug-likeness (QED) is 0.892. The molecule has 0 fully saturated rings. The van der Waals surface area contributed by atoms with Crippen LogP contribution in [0, 0.1) is 0 Å². The van der Waals surface area contributed by atoms with Crippen LogP contribution in [0.4, 0.5) is 0 Å². The highest BCUT2D eigenvalue weighted by Gasteiger charge is 2.10. The third kappa shape index (κ3) is 2.86. The molecule has 2 aromatic rings. The molecule has 2 N–H and O–H groups in total. The highest BCUT2D eigenvalue weighted by molar-refractivity contribution is 9.10. The van der Waals surface area contributed by atoms with Gasteiger partial charge in [0.25, 0.3) is 0 Å². The van der Waals surface area contributed by atoms with Crippen molar-refractivity contribution in [1.82, 2.24) is 0 Å². The van der Waals surface area contributed by atoms with Gasteiger partial charge in [-0.05, 0) is 45.1 Å². The molecule has 1 unspecified atom stereocenters. The van der Waals surface area contributed by atoms with Gasteiger partial charge in [-0.3, -0.25) is 0 Å². The SMILES string of the molecule is NC(Cc1sccc1Br)c1cccc(Cl)c1. The average molecular weight is 317 g/mol. The van der Waals surface area contributed by atoms with Gasteiger partial charge in [-0.2, -0.15) is 0 Å². The molecule has 2 rings (SSSR count). The number of thiophene rings is 1. The fourth-order valence-electron chi connectivity index (χ4n) is 1.53. The van der Waals surface area contributed by atoms with E-state index < -0.39 is 0 Å². The molecule has 4 heteroatoms. The minimum absolute atomic E-state index is 0.00588. The number of nitrogens with two attached hydrogens (primary N) is 1.